The summed E-state index contributed by atoms with van der Waals surface area (Å²) in [4.78, 5) is 31.5. The van der Waals surface area contributed by atoms with Crippen LogP contribution in [0.15, 0.2) is 47.5 Å². The average molecular weight is 407 g/mol. The molecule has 5 rings (SSSR count). The van der Waals surface area contributed by atoms with Gasteiger partial charge in [-0.15, -0.1) is 0 Å². The van der Waals surface area contributed by atoms with Crippen LogP contribution in [0.3, 0.4) is 0 Å². The molecule has 7 nitrogen and oxygen atoms in total. The van der Waals surface area contributed by atoms with E-state index in [0.717, 1.165) is 41.2 Å². The highest BCUT2D eigenvalue weighted by molar-refractivity contribution is 6.30. The predicted octanol–water partition coefficient (Wildman–Crippen LogP) is 3.00. The Bertz CT molecular complexity index is 1260. The van der Waals surface area contributed by atoms with Crippen LogP contribution in [-0.4, -0.2) is 35.8 Å². The minimum absolute atomic E-state index is 0.0822. The Kier molecular flexibility index (Phi) is 4.41. The number of aryl methyl sites for hydroxylation is 1. The molecule has 1 aliphatic rings. The van der Waals surface area contributed by atoms with Crippen molar-refractivity contribution < 1.29 is 0 Å². The predicted molar refractivity (Wildman–Crippen MR) is 111 cm³/mol. The van der Waals surface area contributed by atoms with Crippen molar-refractivity contribution in [2.45, 2.75) is 26.4 Å². The molecule has 3 aromatic heterocycles. The molecular formula is C21H19ClN6O. The highest BCUT2D eigenvalue weighted by Crippen LogP contribution is 2.22. The molecular weight excluding hydrogens is 388 g/mol. The second kappa shape index (κ2) is 7.09. The summed E-state index contributed by atoms with van der Waals surface area (Å²) in [6, 6.07) is 9.22. The maximum absolute atomic E-state index is 12.8. The van der Waals surface area contributed by atoms with Gasteiger partial charge in [-0.25, -0.2) is 15.0 Å². The van der Waals surface area contributed by atoms with Gasteiger partial charge in [0.15, 0.2) is 0 Å². The SMILES string of the molecule is Cc1nc2ncccn2c1CN1CCc2nc(-c3ccc(Cl)cc3)[nH]c(=O)c2C1. The number of hydrogen-bond acceptors (Lipinski definition) is 5. The van der Waals surface area contributed by atoms with E-state index in [2.05, 4.69) is 19.9 Å². The van der Waals surface area contributed by atoms with Crippen LogP contribution in [0, 0.1) is 6.92 Å². The van der Waals surface area contributed by atoms with Crippen LogP contribution in [-0.2, 0) is 19.5 Å². The summed E-state index contributed by atoms with van der Waals surface area (Å²) in [5.74, 6) is 1.28. The minimum Gasteiger partial charge on any atom is -0.306 e. The Balaban J connectivity index is 1.43. The summed E-state index contributed by atoms with van der Waals surface area (Å²) >= 11 is 5.96. The first-order valence-electron chi connectivity index (χ1n) is 9.47. The van der Waals surface area contributed by atoms with Gasteiger partial charge in [0.2, 0.25) is 5.78 Å². The van der Waals surface area contributed by atoms with Gasteiger partial charge in [-0.2, -0.15) is 0 Å². The van der Waals surface area contributed by atoms with Crippen LogP contribution >= 0.6 is 11.6 Å². The molecule has 0 bridgehead atoms. The van der Waals surface area contributed by atoms with E-state index in [1.54, 1.807) is 18.3 Å². The van der Waals surface area contributed by atoms with Crippen molar-refractivity contribution in [1.82, 2.24) is 29.2 Å². The number of fused-ring (bicyclic) bond motifs is 2. The molecule has 0 radical (unpaired) electrons. The largest absolute Gasteiger partial charge is 0.306 e. The standard InChI is InChI=1S/C21H19ClN6O/c1-13-18(28-9-2-8-23-21(28)24-13)12-27-10-7-17-16(11-27)20(29)26-19(25-17)14-3-5-15(22)6-4-14/h2-6,8-9H,7,10-12H2,1H3,(H,25,26,29). The average Bonchev–Trinajstić information content (AvgIpc) is 3.04. The third-order valence-electron chi connectivity index (χ3n) is 5.34. The molecule has 1 aromatic carbocycles. The maximum Gasteiger partial charge on any atom is 0.255 e. The highest BCUT2D eigenvalue weighted by atomic mass is 35.5. The van der Waals surface area contributed by atoms with Crippen molar-refractivity contribution in [3.05, 3.63) is 80.7 Å². The molecule has 1 aliphatic heterocycles. The number of nitrogens with zero attached hydrogens (tertiary/aromatic N) is 5. The first-order valence-corrected chi connectivity index (χ1v) is 9.85. The van der Waals surface area contributed by atoms with E-state index in [-0.39, 0.29) is 5.56 Å². The van der Waals surface area contributed by atoms with Crippen LogP contribution < -0.4 is 5.56 Å². The van der Waals surface area contributed by atoms with Crippen molar-refractivity contribution >= 4 is 17.4 Å². The molecule has 1 N–H and O–H groups in total. The van der Waals surface area contributed by atoms with Gasteiger partial charge >= 0.3 is 0 Å². The normalized spacial score (nSPS) is 14.3. The van der Waals surface area contributed by atoms with Crippen LogP contribution in [0.1, 0.15) is 22.6 Å². The number of imidazole rings is 1. The zero-order valence-corrected chi connectivity index (χ0v) is 16.6. The van der Waals surface area contributed by atoms with Gasteiger partial charge < -0.3 is 4.98 Å². The fourth-order valence-electron chi connectivity index (χ4n) is 3.81. The van der Waals surface area contributed by atoms with E-state index in [1.165, 1.54) is 0 Å². The van der Waals surface area contributed by atoms with E-state index >= 15 is 0 Å². The first-order chi connectivity index (χ1) is 14.1. The van der Waals surface area contributed by atoms with E-state index in [9.17, 15) is 4.79 Å². The number of aromatic nitrogens is 5. The molecule has 0 saturated heterocycles. The molecule has 0 amide bonds. The summed E-state index contributed by atoms with van der Waals surface area (Å²) in [6.45, 7) is 4.09. The van der Waals surface area contributed by atoms with Gasteiger partial charge in [0.1, 0.15) is 5.82 Å². The van der Waals surface area contributed by atoms with Gasteiger partial charge in [-0.1, -0.05) is 11.6 Å². The lowest BCUT2D eigenvalue weighted by molar-refractivity contribution is 0.238. The first kappa shape index (κ1) is 18.0. The molecule has 0 atom stereocenters. The van der Waals surface area contributed by atoms with Crippen molar-refractivity contribution in [3.8, 4) is 11.4 Å². The Morgan fingerprint density at radius 3 is 2.86 bits per heavy atom. The zero-order valence-electron chi connectivity index (χ0n) is 15.9. The number of aromatic amines is 1. The quantitative estimate of drug-likeness (QED) is 0.565. The molecule has 0 unspecified atom stereocenters. The van der Waals surface area contributed by atoms with Gasteiger partial charge in [0.05, 0.1) is 22.6 Å². The van der Waals surface area contributed by atoms with Crippen molar-refractivity contribution in [2.24, 2.45) is 0 Å². The molecule has 4 heterocycles. The fraction of sp³-hybridized carbons (Fsp3) is 0.238. The number of benzene rings is 1. The van der Waals surface area contributed by atoms with E-state index in [1.807, 2.05) is 35.7 Å². The second-order valence-electron chi connectivity index (χ2n) is 7.24. The molecule has 4 aromatic rings. The van der Waals surface area contributed by atoms with Gasteiger partial charge in [-0.05, 0) is 37.3 Å². The van der Waals surface area contributed by atoms with Crippen LogP contribution in [0.5, 0.6) is 0 Å². The lowest BCUT2D eigenvalue weighted by Crippen LogP contribution is -2.35. The molecule has 0 fully saturated rings. The van der Waals surface area contributed by atoms with Crippen molar-refractivity contribution in [3.63, 3.8) is 0 Å². The number of halogens is 1. The summed E-state index contributed by atoms with van der Waals surface area (Å²) in [7, 11) is 0. The lowest BCUT2D eigenvalue weighted by Gasteiger charge is -2.27. The second-order valence-corrected chi connectivity index (χ2v) is 7.68. The highest BCUT2D eigenvalue weighted by Gasteiger charge is 2.23. The Morgan fingerprint density at radius 1 is 1.21 bits per heavy atom. The molecule has 8 heteroatoms. The van der Waals surface area contributed by atoms with Crippen molar-refractivity contribution in [2.75, 3.05) is 6.54 Å². The van der Waals surface area contributed by atoms with Gasteiger partial charge in [-0.3, -0.25) is 14.1 Å². The lowest BCUT2D eigenvalue weighted by atomic mass is 10.1. The summed E-state index contributed by atoms with van der Waals surface area (Å²) in [5.41, 5.74) is 4.43. The number of hydrogen-bond donors (Lipinski definition) is 1. The Labute approximate surface area is 172 Å². The van der Waals surface area contributed by atoms with Crippen LogP contribution in [0.2, 0.25) is 5.02 Å². The Hall–Kier alpha value is -3.03. The minimum atomic E-state index is -0.0822. The third-order valence-corrected chi connectivity index (χ3v) is 5.59. The number of H-pyrrole nitrogens is 1. The van der Waals surface area contributed by atoms with Crippen LogP contribution in [0.4, 0.5) is 0 Å². The molecule has 29 heavy (non-hydrogen) atoms. The molecule has 0 spiro atoms. The third kappa shape index (κ3) is 3.32. The summed E-state index contributed by atoms with van der Waals surface area (Å²) in [6.07, 6.45) is 4.45. The zero-order chi connectivity index (χ0) is 20.0. The molecule has 0 saturated carbocycles. The van der Waals surface area contributed by atoms with Crippen molar-refractivity contribution in [1.29, 1.82) is 0 Å². The smallest absolute Gasteiger partial charge is 0.255 e. The molecule has 0 aliphatic carbocycles. The summed E-state index contributed by atoms with van der Waals surface area (Å²) in [5, 5.41) is 0.655. The number of nitrogens with one attached hydrogen (secondary N) is 1. The summed E-state index contributed by atoms with van der Waals surface area (Å²) < 4.78 is 2.01. The fourth-order valence-corrected chi connectivity index (χ4v) is 3.93. The topological polar surface area (TPSA) is 79.2 Å². The number of rotatable bonds is 3. The van der Waals surface area contributed by atoms with E-state index in [4.69, 9.17) is 16.6 Å². The van der Waals surface area contributed by atoms with Gasteiger partial charge in [0.25, 0.3) is 5.56 Å². The maximum atomic E-state index is 12.8. The van der Waals surface area contributed by atoms with Crippen LogP contribution in [0.25, 0.3) is 17.2 Å². The molecule has 146 valence electrons. The Morgan fingerprint density at radius 2 is 2.03 bits per heavy atom. The van der Waals surface area contributed by atoms with E-state index < -0.39 is 0 Å². The van der Waals surface area contributed by atoms with E-state index in [0.29, 0.717) is 29.7 Å². The monoisotopic (exact) mass is 406 g/mol. The van der Waals surface area contributed by atoms with Gasteiger partial charge in [0, 0.05) is 49.0 Å².